The number of carbonyl (C=O) groups excluding carboxylic acids is 1. The minimum absolute atomic E-state index is 0.0677. The first-order valence-corrected chi connectivity index (χ1v) is 9.95. The van der Waals surface area contributed by atoms with Crippen molar-refractivity contribution >= 4 is 5.91 Å². The second-order valence-corrected chi connectivity index (χ2v) is 7.49. The van der Waals surface area contributed by atoms with E-state index in [1.54, 1.807) is 0 Å². The molecule has 1 heterocycles. The van der Waals surface area contributed by atoms with Crippen LogP contribution in [-0.2, 0) is 9.53 Å². The maximum absolute atomic E-state index is 12.6. The monoisotopic (exact) mass is 344 g/mol. The van der Waals surface area contributed by atoms with Gasteiger partial charge in [-0.3, -0.25) is 9.69 Å². The Kier molecular flexibility index (Phi) is 7.31. The van der Waals surface area contributed by atoms with E-state index in [-0.39, 0.29) is 11.9 Å². The molecular formula is C21H32N2O2. The van der Waals surface area contributed by atoms with Gasteiger partial charge < -0.3 is 10.1 Å². The standard InChI is InChI=1S/C21H32N2O2/c24-21(12-11-18-7-3-1-4-8-18)22-20(19-9-5-2-6-10-19)17-23-13-15-25-16-14-23/h2,5-6,9-10,18,20H,1,3-4,7-8,11-17H2,(H,22,24). The van der Waals surface area contributed by atoms with Gasteiger partial charge in [0.25, 0.3) is 0 Å². The van der Waals surface area contributed by atoms with Crippen LogP contribution in [0, 0.1) is 5.92 Å². The summed E-state index contributed by atoms with van der Waals surface area (Å²) in [5, 5.41) is 3.30. The van der Waals surface area contributed by atoms with Gasteiger partial charge in [0, 0.05) is 26.1 Å². The molecule has 3 rings (SSSR count). The number of benzene rings is 1. The van der Waals surface area contributed by atoms with Crippen molar-refractivity contribution in [2.45, 2.75) is 51.0 Å². The zero-order valence-electron chi connectivity index (χ0n) is 15.3. The summed E-state index contributed by atoms with van der Waals surface area (Å²) in [4.78, 5) is 14.9. The van der Waals surface area contributed by atoms with Gasteiger partial charge in [0.1, 0.15) is 0 Å². The lowest BCUT2D eigenvalue weighted by molar-refractivity contribution is -0.122. The predicted octanol–water partition coefficient (Wildman–Crippen LogP) is 3.54. The summed E-state index contributed by atoms with van der Waals surface area (Å²) >= 11 is 0. The van der Waals surface area contributed by atoms with Gasteiger partial charge >= 0.3 is 0 Å². The van der Waals surface area contributed by atoms with E-state index in [2.05, 4.69) is 34.5 Å². The quantitative estimate of drug-likeness (QED) is 0.823. The SMILES string of the molecule is O=C(CCC1CCCCC1)NC(CN1CCOCC1)c1ccccc1. The van der Waals surface area contributed by atoms with Crippen LogP contribution in [0.2, 0.25) is 0 Å². The van der Waals surface area contributed by atoms with Crippen molar-refractivity contribution in [3.05, 3.63) is 35.9 Å². The number of nitrogens with zero attached hydrogens (tertiary/aromatic N) is 1. The highest BCUT2D eigenvalue weighted by Crippen LogP contribution is 2.27. The van der Waals surface area contributed by atoms with E-state index >= 15 is 0 Å². The first-order chi connectivity index (χ1) is 12.3. The average Bonchev–Trinajstić information content (AvgIpc) is 2.68. The molecule has 1 amide bonds. The first-order valence-electron chi connectivity index (χ1n) is 9.95. The Morgan fingerprint density at radius 2 is 1.84 bits per heavy atom. The van der Waals surface area contributed by atoms with Crippen LogP contribution in [0.1, 0.15) is 56.6 Å². The van der Waals surface area contributed by atoms with Gasteiger partial charge in [0.2, 0.25) is 5.91 Å². The maximum atomic E-state index is 12.6. The van der Waals surface area contributed by atoms with Crippen molar-refractivity contribution in [1.29, 1.82) is 0 Å². The Labute approximate surface area is 151 Å². The normalized spacial score (nSPS) is 21.0. The smallest absolute Gasteiger partial charge is 0.220 e. The molecule has 0 bridgehead atoms. The average molecular weight is 344 g/mol. The zero-order chi connectivity index (χ0) is 17.3. The fraction of sp³-hybridized carbons (Fsp3) is 0.667. The molecule has 1 aromatic carbocycles. The topological polar surface area (TPSA) is 41.6 Å². The van der Waals surface area contributed by atoms with E-state index < -0.39 is 0 Å². The Morgan fingerprint density at radius 1 is 1.12 bits per heavy atom. The van der Waals surface area contributed by atoms with E-state index in [0.29, 0.717) is 6.42 Å². The number of carbonyl (C=O) groups is 1. The second kappa shape index (κ2) is 9.93. The lowest BCUT2D eigenvalue weighted by atomic mass is 9.86. The molecule has 4 heteroatoms. The molecule has 1 aliphatic carbocycles. The fourth-order valence-corrected chi connectivity index (χ4v) is 4.04. The number of hydrogen-bond acceptors (Lipinski definition) is 3. The maximum Gasteiger partial charge on any atom is 0.220 e. The van der Waals surface area contributed by atoms with Crippen LogP contribution in [0.5, 0.6) is 0 Å². The third-order valence-electron chi connectivity index (χ3n) is 5.59. The molecule has 4 nitrogen and oxygen atoms in total. The molecule has 2 fully saturated rings. The van der Waals surface area contributed by atoms with Gasteiger partial charge in [0.05, 0.1) is 19.3 Å². The van der Waals surface area contributed by atoms with Crippen molar-refractivity contribution in [2.75, 3.05) is 32.8 Å². The summed E-state index contributed by atoms with van der Waals surface area (Å²) in [5.41, 5.74) is 1.19. The number of rotatable bonds is 7. The lowest BCUT2D eigenvalue weighted by Crippen LogP contribution is -2.43. The van der Waals surface area contributed by atoms with E-state index in [1.807, 2.05) is 6.07 Å². The lowest BCUT2D eigenvalue weighted by Gasteiger charge is -2.31. The minimum atomic E-state index is 0.0677. The molecule has 2 aliphatic rings. The third-order valence-corrected chi connectivity index (χ3v) is 5.59. The van der Waals surface area contributed by atoms with Gasteiger partial charge in [-0.1, -0.05) is 62.4 Å². The van der Waals surface area contributed by atoms with Crippen LogP contribution in [0.25, 0.3) is 0 Å². The summed E-state index contributed by atoms with van der Waals surface area (Å²) in [6.07, 6.45) is 8.39. The summed E-state index contributed by atoms with van der Waals surface area (Å²) in [5.74, 6) is 0.960. The van der Waals surface area contributed by atoms with E-state index in [1.165, 1.54) is 37.7 Å². The summed E-state index contributed by atoms with van der Waals surface area (Å²) < 4.78 is 5.44. The molecule has 1 atom stereocenters. The van der Waals surface area contributed by atoms with E-state index in [4.69, 9.17) is 4.74 Å². The molecule has 0 aromatic heterocycles. The highest BCUT2D eigenvalue weighted by Gasteiger charge is 2.21. The van der Waals surface area contributed by atoms with Gasteiger partial charge in [-0.25, -0.2) is 0 Å². The molecule has 0 radical (unpaired) electrons. The molecular weight excluding hydrogens is 312 g/mol. The molecule has 1 aromatic rings. The molecule has 1 aliphatic heterocycles. The first kappa shape index (κ1) is 18.4. The molecule has 1 unspecified atom stereocenters. The van der Waals surface area contributed by atoms with Gasteiger partial charge in [-0.15, -0.1) is 0 Å². The van der Waals surface area contributed by atoms with Crippen molar-refractivity contribution in [3.63, 3.8) is 0 Å². The van der Waals surface area contributed by atoms with Gasteiger partial charge in [-0.05, 0) is 17.9 Å². The summed E-state index contributed by atoms with van der Waals surface area (Å²) in [7, 11) is 0. The van der Waals surface area contributed by atoms with Crippen LogP contribution in [0.15, 0.2) is 30.3 Å². The van der Waals surface area contributed by atoms with Gasteiger partial charge in [0.15, 0.2) is 0 Å². The number of morpholine rings is 1. The zero-order valence-corrected chi connectivity index (χ0v) is 15.3. The minimum Gasteiger partial charge on any atom is -0.379 e. The van der Waals surface area contributed by atoms with Crippen molar-refractivity contribution in [2.24, 2.45) is 5.92 Å². The summed E-state index contributed by atoms with van der Waals surface area (Å²) in [6.45, 7) is 4.33. The number of ether oxygens (including phenoxy) is 1. The van der Waals surface area contributed by atoms with E-state index in [9.17, 15) is 4.79 Å². The molecule has 25 heavy (non-hydrogen) atoms. The molecule has 1 saturated carbocycles. The number of hydrogen-bond donors (Lipinski definition) is 1. The largest absolute Gasteiger partial charge is 0.379 e. The molecule has 1 saturated heterocycles. The Hall–Kier alpha value is -1.39. The second-order valence-electron chi connectivity index (χ2n) is 7.49. The summed E-state index contributed by atoms with van der Waals surface area (Å²) in [6, 6.07) is 10.4. The van der Waals surface area contributed by atoms with E-state index in [0.717, 1.165) is 45.2 Å². The fourth-order valence-electron chi connectivity index (χ4n) is 4.04. The van der Waals surface area contributed by atoms with Crippen LogP contribution < -0.4 is 5.32 Å². The van der Waals surface area contributed by atoms with Crippen molar-refractivity contribution in [1.82, 2.24) is 10.2 Å². The molecule has 138 valence electrons. The Morgan fingerprint density at radius 3 is 2.56 bits per heavy atom. The highest BCUT2D eigenvalue weighted by atomic mass is 16.5. The Bertz CT molecular complexity index is 508. The number of amides is 1. The van der Waals surface area contributed by atoms with Crippen LogP contribution in [0.3, 0.4) is 0 Å². The highest BCUT2D eigenvalue weighted by molar-refractivity contribution is 5.76. The van der Waals surface area contributed by atoms with Crippen LogP contribution >= 0.6 is 0 Å². The predicted molar refractivity (Wildman–Crippen MR) is 100 cm³/mol. The van der Waals surface area contributed by atoms with Crippen molar-refractivity contribution in [3.8, 4) is 0 Å². The van der Waals surface area contributed by atoms with Crippen molar-refractivity contribution < 1.29 is 9.53 Å². The Balaban J connectivity index is 1.53. The number of nitrogens with one attached hydrogen (secondary N) is 1. The third kappa shape index (κ3) is 6.12. The van der Waals surface area contributed by atoms with Crippen LogP contribution in [-0.4, -0.2) is 43.7 Å². The molecule has 1 N–H and O–H groups in total. The van der Waals surface area contributed by atoms with Gasteiger partial charge in [-0.2, -0.15) is 0 Å². The molecule has 0 spiro atoms. The van der Waals surface area contributed by atoms with Crippen LogP contribution in [0.4, 0.5) is 0 Å².